The zero-order chi connectivity index (χ0) is 17.5. The van der Waals surface area contributed by atoms with E-state index in [0.717, 1.165) is 21.8 Å². The third kappa shape index (κ3) is 5.41. The molecule has 2 aromatic carbocycles. The molecule has 3 rings (SSSR count). The maximum atomic E-state index is 13.0. The van der Waals surface area contributed by atoms with Gasteiger partial charge in [0.15, 0.2) is 0 Å². The first-order chi connectivity index (χ1) is 12.2. The van der Waals surface area contributed by atoms with Crippen LogP contribution in [0.15, 0.2) is 60.0 Å². The van der Waals surface area contributed by atoms with Crippen molar-refractivity contribution in [3.63, 3.8) is 0 Å². The van der Waals surface area contributed by atoms with E-state index in [9.17, 15) is 9.18 Å². The van der Waals surface area contributed by atoms with Crippen LogP contribution in [0.2, 0.25) is 0 Å². The minimum atomic E-state index is -0.252. The van der Waals surface area contributed by atoms with Gasteiger partial charge in [-0.1, -0.05) is 30.3 Å². The summed E-state index contributed by atoms with van der Waals surface area (Å²) in [6.07, 6.45) is 0. The highest BCUT2D eigenvalue weighted by Crippen LogP contribution is 2.25. The molecule has 1 aromatic heterocycles. The Hall–Kier alpha value is -2.18. The van der Waals surface area contributed by atoms with Crippen LogP contribution in [0, 0.1) is 5.82 Å². The molecule has 0 aliphatic rings. The van der Waals surface area contributed by atoms with Crippen molar-refractivity contribution in [3.8, 4) is 10.6 Å². The van der Waals surface area contributed by atoms with Crippen LogP contribution in [0.5, 0.6) is 0 Å². The van der Waals surface area contributed by atoms with E-state index in [0.29, 0.717) is 18.1 Å². The zero-order valence-electron chi connectivity index (χ0n) is 13.4. The van der Waals surface area contributed by atoms with E-state index in [2.05, 4.69) is 10.3 Å². The normalized spacial score (nSPS) is 10.6. The summed E-state index contributed by atoms with van der Waals surface area (Å²) in [6, 6.07) is 16.2. The molecule has 1 N–H and O–H groups in total. The summed E-state index contributed by atoms with van der Waals surface area (Å²) in [5.41, 5.74) is 2.93. The fourth-order valence-corrected chi connectivity index (χ4v) is 3.87. The summed E-state index contributed by atoms with van der Waals surface area (Å²) in [7, 11) is 0. The van der Waals surface area contributed by atoms with Crippen molar-refractivity contribution >= 4 is 29.0 Å². The van der Waals surface area contributed by atoms with Crippen LogP contribution < -0.4 is 5.32 Å². The molecular weight excluding hydrogens is 355 g/mol. The molecule has 0 spiro atoms. The molecule has 25 heavy (non-hydrogen) atoms. The molecule has 0 bridgehead atoms. The molecule has 0 aliphatic heterocycles. The van der Waals surface area contributed by atoms with Crippen molar-refractivity contribution in [1.82, 2.24) is 10.3 Å². The molecule has 1 amide bonds. The van der Waals surface area contributed by atoms with Crippen molar-refractivity contribution in [2.24, 2.45) is 0 Å². The first-order valence-electron chi connectivity index (χ1n) is 7.79. The second-order valence-electron chi connectivity index (χ2n) is 5.41. The van der Waals surface area contributed by atoms with E-state index < -0.39 is 0 Å². The van der Waals surface area contributed by atoms with Crippen LogP contribution in [0.1, 0.15) is 11.3 Å². The predicted molar refractivity (Wildman–Crippen MR) is 102 cm³/mol. The third-order valence-electron chi connectivity index (χ3n) is 3.46. The summed E-state index contributed by atoms with van der Waals surface area (Å²) < 4.78 is 13.0. The van der Waals surface area contributed by atoms with E-state index in [4.69, 9.17) is 0 Å². The number of benzene rings is 2. The number of thiazole rings is 1. The van der Waals surface area contributed by atoms with Gasteiger partial charge in [0.05, 0.1) is 11.4 Å². The van der Waals surface area contributed by atoms with Gasteiger partial charge in [0.2, 0.25) is 5.91 Å². The zero-order valence-corrected chi connectivity index (χ0v) is 15.1. The molecule has 0 unspecified atom stereocenters. The van der Waals surface area contributed by atoms with Gasteiger partial charge in [0, 0.05) is 23.2 Å². The Morgan fingerprint density at radius 3 is 2.64 bits per heavy atom. The minimum Gasteiger partial charge on any atom is -0.351 e. The summed E-state index contributed by atoms with van der Waals surface area (Å²) in [5.74, 6) is 0.840. The van der Waals surface area contributed by atoms with E-state index in [1.165, 1.54) is 35.2 Å². The molecule has 0 saturated carbocycles. The van der Waals surface area contributed by atoms with Crippen molar-refractivity contribution in [2.75, 3.05) is 5.75 Å². The molecule has 0 atom stereocenters. The number of carbonyl (C=O) groups is 1. The smallest absolute Gasteiger partial charge is 0.230 e. The van der Waals surface area contributed by atoms with Gasteiger partial charge in [-0.25, -0.2) is 9.37 Å². The Bertz CT molecular complexity index is 819. The van der Waals surface area contributed by atoms with Gasteiger partial charge < -0.3 is 5.32 Å². The number of thioether (sulfide) groups is 1. The minimum absolute atomic E-state index is 0.0165. The molecule has 0 aliphatic carbocycles. The van der Waals surface area contributed by atoms with Gasteiger partial charge in [-0.3, -0.25) is 4.79 Å². The summed E-state index contributed by atoms with van der Waals surface area (Å²) in [5, 5.41) is 5.75. The lowest BCUT2D eigenvalue weighted by Crippen LogP contribution is -2.24. The van der Waals surface area contributed by atoms with E-state index in [-0.39, 0.29) is 11.7 Å². The fraction of sp³-hybridized carbons (Fsp3) is 0.158. The monoisotopic (exact) mass is 372 g/mol. The van der Waals surface area contributed by atoms with Crippen molar-refractivity contribution < 1.29 is 9.18 Å². The molecule has 128 valence electrons. The highest BCUT2D eigenvalue weighted by atomic mass is 32.2. The van der Waals surface area contributed by atoms with Gasteiger partial charge in [0.25, 0.3) is 0 Å². The van der Waals surface area contributed by atoms with Crippen LogP contribution in [-0.4, -0.2) is 16.6 Å². The second kappa shape index (κ2) is 8.78. The summed E-state index contributed by atoms with van der Waals surface area (Å²) in [4.78, 5) is 16.4. The van der Waals surface area contributed by atoms with Crippen LogP contribution in [0.3, 0.4) is 0 Å². The van der Waals surface area contributed by atoms with Gasteiger partial charge in [0.1, 0.15) is 10.8 Å². The molecule has 0 radical (unpaired) electrons. The van der Waals surface area contributed by atoms with Crippen molar-refractivity contribution in [3.05, 3.63) is 77.1 Å². The maximum absolute atomic E-state index is 13.0. The van der Waals surface area contributed by atoms with Gasteiger partial charge in [-0.2, -0.15) is 0 Å². The largest absolute Gasteiger partial charge is 0.351 e. The van der Waals surface area contributed by atoms with Crippen LogP contribution in [0.25, 0.3) is 10.6 Å². The van der Waals surface area contributed by atoms with Crippen molar-refractivity contribution in [2.45, 2.75) is 12.3 Å². The third-order valence-corrected chi connectivity index (χ3v) is 5.36. The first-order valence-corrected chi connectivity index (χ1v) is 9.83. The lowest BCUT2D eigenvalue weighted by Gasteiger charge is -2.04. The predicted octanol–water partition coefficient (Wildman–Crippen LogP) is 4.50. The van der Waals surface area contributed by atoms with Gasteiger partial charge in [-0.15, -0.1) is 23.1 Å². The quantitative estimate of drug-likeness (QED) is 0.664. The van der Waals surface area contributed by atoms with Crippen LogP contribution >= 0.6 is 23.1 Å². The number of amides is 1. The molecule has 3 nitrogen and oxygen atoms in total. The number of nitrogens with zero attached hydrogens (tertiary/aromatic N) is 1. The Morgan fingerprint density at radius 1 is 1.12 bits per heavy atom. The lowest BCUT2D eigenvalue weighted by atomic mass is 10.2. The molecular formula is C19H17FN2OS2. The first kappa shape index (κ1) is 17.6. The van der Waals surface area contributed by atoms with Crippen LogP contribution in [0.4, 0.5) is 4.39 Å². The second-order valence-corrected chi connectivity index (χ2v) is 7.25. The Labute approximate surface area is 154 Å². The van der Waals surface area contributed by atoms with Gasteiger partial charge >= 0.3 is 0 Å². The van der Waals surface area contributed by atoms with E-state index >= 15 is 0 Å². The van der Waals surface area contributed by atoms with E-state index in [1.54, 1.807) is 12.1 Å². The molecule has 3 aromatic rings. The topological polar surface area (TPSA) is 42.0 Å². The Kier molecular flexibility index (Phi) is 6.19. The Morgan fingerprint density at radius 2 is 1.88 bits per heavy atom. The highest BCUT2D eigenvalue weighted by molar-refractivity contribution is 7.99. The SMILES string of the molecule is O=C(CSCc1csc(-c2ccc(F)cc2)n1)NCc1ccccc1. The summed E-state index contributed by atoms with van der Waals surface area (Å²) >= 11 is 3.06. The fourth-order valence-electron chi connectivity index (χ4n) is 2.19. The Balaban J connectivity index is 1.43. The number of hydrogen-bond acceptors (Lipinski definition) is 4. The maximum Gasteiger partial charge on any atom is 0.230 e. The van der Waals surface area contributed by atoms with E-state index in [1.807, 2.05) is 35.7 Å². The number of halogens is 1. The molecule has 6 heteroatoms. The average molecular weight is 372 g/mol. The highest BCUT2D eigenvalue weighted by Gasteiger charge is 2.07. The lowest BCUT2D eigenvalue weighted by molar-refractivity contribution is -0.118. The molecule has 1 heterocycles. The number of carbonyl (C=O) groups excluding carboxylic acids is 1. The number of aromatic nitrogens is 1. The number of nitrogens with one attached hydrogen (secondary N) is 1. The van der Waals surface area contributed by atoms with Crippen LogP contribution in [-0.2, 0) is 17.1 Å². The van der Waals surface area contributed by atoms with Gasteiger partial charge in [-0.05, 0) is 29.8 Å². The molecule has 0 saturated heterocycles. The summed E-state index contributed by atoms with van der Waals surface area (Å²) in [6.45, 7) is 0.547. The molecule has 0 fully saturated rings. The average Bonchev–Trinajstić information content (AvgIpc) is 3.10. The number of rotatable bonds is 7. The number of hydrogen-bond donors (Lipinski definition) is 1. The standard InChI is InChI=1S/C19H17FN2OS2/c20-16-8-6-15(7-9-16)19-22-17(12-25-19)11-24-13-18(23)21-10-14-4-2-1-3-5-14/h1-9,12H,10-11,13H2,(H,21,23). The van der Waals surface area contributed by atoms with Crippen molar-refractivity contribution in [1.29, 1.82) is 0 Å².